The van der Waals surface area contributed by atoms with Crippen LogP contribution >= 0.6 is 11.3 Å². The molecule has 4 nitrogen and oxygen atoms in total. The Labute approximate surface area is 169 Å². The Morgan fingerprint density at radius 2 is 2.07 bits per heavy atom. The third-order valence-corrected chi connectivity index (χ3v) is 6.24. The fourth-order valence-electron chi connectivity index (χ4n) is 3.41. The number of ether oxygens (including phenoxy) is 1. The van der Waals surface area contributed by atoms with E-state index in [0.29, 0.717) is 6.54 Å². The predicted molar refractivity (Wildman–Crippen MR) is 116 cm³/mol. The molecule has 1 amide bonds. The summed E-state index contributed by atoms with van der Waals surface area (Å²) >= 11 is 1.57. The lowest BCUT2D eigenvalue weighted by Gasteiger charge is -2.21. The molecule has 0 N–H and O–H groups in total. The van der Waals surface area contributed by atoms with Gasteiger partial charge in [0.15, 0.2) is 5.13 Å². The van der Waals surface area contributed by atoms with E-state index in [1.165, 1.54) is 11.1 Å². The normalized spacial score (nSPS) is 16.9. The monoisotopic (exact) mass is 392 g/mol. The second-order valence-corrected chi connectivity index (χ2v) is 8.19. The molecular formula is C23H24N2O2S. The largest absolute Gasteiger partial charge is 0.376 e. The van der Waals surface area contributed by atoms with Gasteiger partial charge in [0.05, 0.1) is 22.9 Å². The number of aryl methyl sites for hydroxylation is 2. The van der Waals surface area contributed by atoms with Gasteiger partial charge in [-0.1, -0.05) is 47.7 Å². The highest BCUT2D eigenvalue weighted by atomic mass is 32.1. The summed E-state index contributed by atoms with van der Waals surface area (Å²) in [4.78, 5) is 19.7. The summed E-state index contributed by atoms with van der Waals surface area (Å²) in [7, 11) is 0. The number of hydrogen-bond acceptors (Lipinski definition) is 4. The summed E-state index contributed by atoms with van der Waals surface area (Å²) in [6, 6.07) is 14.1. The molecule has 2 heterocycles. The highest BCUT2D eigenvalue weighted by Crippen LogP contribution is 2.33. The van der Waals surface area contributed by atoms with Gasteiger partial charge in [-0.2, -0.15) is 0 Å². The first-order chi connectivity index (χ1) is 13.6. The molecule has 28 heavy (non-hydrogen) atoms. The summed E-state index contributed by atoms with van der Waals surface area (Å²) in [6.45, 7) is 5.48. The van der Waals surface area contributed by atoms with Gasteiger partial charge in [0.2, 0.25) is 0 Å². The van der Waals surface area contributed by atoms with Crippen molar-refractivity contribution in [2.24, 2.45) is 0 Å². The zero-order valence-electron chi connectivity index (χ0n) is 16.2. The van der Waals surface area contributed by atoms with E-state index in [0.717, 1.165) is 40.4 Å². The van der Waals surface area contributed by atoms with Crippen molar-refractivity contribution in [3.8, 4) is 0 Å². The van der Waals surface area contributed by atoms with Crippen LogP contribution in [0.1, 0.15) is 29.5 Å². The van der Waals surface area contributed by atoms with Crippen molar-refractivity contribution in [3.63, 3.8) is 0 Å². The molecule has 0 bridgehead atoms. The van der Waals surface area contributed by atoms with Gasteiger partial charge in [0.1, 0.15) is 0 Å². The molecular weight excluding hydrogens is 368 g/mol. The molecule has 144 valence electrons. The van der Waals surface area contributed by atoms with Crippen molar-refractivity contribution in [3.05, 3.63) is 65.2 Å². The summed E-state index contributed by atoms with van der Waals surface area (Å²) in [5, 5.41) is 0.738. The molecule has 1 fully saturated rings. The fourth-order valence-corrected chi connectivity index (χ4v) is 4.45. The summed E-state index contributed by atoms with van der Waals surface area (Å²) in [5.41, 5.74) is 4.37. The van der Waals surface area contributed by atoms with E-state index >= 15 is 0 Å². The minimum absolute atomic E-state index is 0.0622. The predicted octanol–water partition coefficient (Wildman–Crippen LogP) is 5.14. The Hall–Kier alpha value is -2.50. The van der Waals surface area contributed by atoms with Crippen LogP contribution in [0.4, 0.5) is 5.13 Å². The fraction of sp³-hybridized carbons (Fsp3) is 0.304. The molecule has 0 saturated carbocycles. The maximum Gasteiger partial charge on any atom is 0.252 e. The van der Waals surface area contributed by atoms with Crippen molar-refractivity contribution in [2.75, 3.05) is 18.1 Å². The van der Waals surface area contributed by atoms with Gasteiger partial charge in [-0.3, -0.25) is 9.69 Å². The molecule has 5 heteroatoms. The Kier molecular flexibility index (Phi) is 5.55. The van der Waals surface area contributed by atoms with Gasteiger partial charge in [-0.15, -0.1) is 0 Å². The SMILES string of the molecule is Cc1ccc2sc(N(CC3CCCO3)C(=O)/C=C/c3ccccc3)nc2c1C. The summed E-state index contributed by atoms with van der Waals surface area (Å²) in [6.07, 6.45) is 5.59. The molecule has 1 saturated heterocycles. The Morgan fingerprint density at radius 3 is 2.82 bits per heavy atom. The third-order valence-electron chi connectivity index (χ3n) is 5.20. The van der Waals surface area contributed by atoms with Crippen LogP contribution in [0.3, 0.4) is 0 Å². The maximum absolute atomic E-state index is 13.1. The van der Waals surface area contributed by atoms with E-state index in [1.54, 1.807) is 22.3 Å². The number of amides is 1. The smallest absolute Gasteiger partial charge is 0.252 e. The first-order valence-electron chi connectivity index (χ1n) is 9.65. The quantitative estimate of drug-likeness (QED) is 0.565. The first-order valence-corrected chi connectivity index (χ1v) is 10.5. The molecule has 1 aliphatic heterocycles. The summed E-state index contributed by atoms with van der Waals surface area (Å²) in [5.74, 6) is -0.0622. The molecule has 1 unspecified atom stereocenters. The van der Waals surface area contributed by atoms with E-state index in [4.69, 9.17) is 9.72 Å². The molecule has 1 atom stereocenters. The minimum atomic E-state index is -0.0622. The number of carbonyl (C=O) groups is 1. The molecule has 1 aromatic heterocycles. The van der Waals surface area contributed by atoms with Crippen molar-refractivity contribution >= 4 is 38.7 Å². The second-order valence-electron chi connectivity index (χ2n) is 7.18. The van der Waals surface area contributed by atoms with E-state index in [9.17, 15) is 4.79 Å². The highest BCUT2D eigenvalue weighted by Gasteiger charge is 2.25. The van der Waals surface area contributed by atoms with Crippen LogP contribution in [-0.4, -0.2) is 30.1 Å². The van der Waals surface area contributed by atoms with Crippen LogP contribution in [0.15, 0.2) is 48.5 Å². The number of rotatable bonds is 5. The van der Waals surface area contributed by atoms with Crippen LogP contribution in [-0.2, 0) is 9.53 Å². The lowest BCUT2D eigenvalue weighted by molar-refractivity contribution is -0.114. The van der Waals surface area contributed by atoms with Gasteiger partial charge < -0.3 is 4.74 Å². The Morgan fingerprint density at radius 1 is 1.25 bits per heavy atom. The Balaban J connectivity index is 1.66. The molecule has 0 radical (unpaired) electrons. The number of carbonyl (C=O) groups excluding carboxylic acids is 1. The van der Waals surface area contributed by atoms with Crippen LogP contribution in [0.25, 0.3) is 16.3 Å². The van der Waals surface area contributed by atoms with Crippen LogP contribution < -0.4 is 4.90 Å². The van der Waals surface area contributed by atoms with Crippen molar-refractivity contribution in [2.45, 2.75) is 32.8 Å². The van der Waals surface area contributed by atoms with Gasteiger partial charge >= 0.3 is 0 Å². The Bertz CT molecular complexity index is 1000. The number of benzene rings is 2. The topological polar surface area (TPSA) is 42.4 Å². The number of thiazole rings is 1. The minimum Gasteiger partial charge on any atom is -0.376 e. The number of hydrogen-bond donors (Lipinski definition) is 0. The molecule has 2 aromatic carbocycles. The lowest BCUT2D eigenvalue weighted by atomic mass is 10.1. The van der Waals surface area contributed by atoms with E-state index in [1.807, 2.05) is 36.4 Å². The van der Waals surface area contributed by atoms with Crippen molar-refractivity contribution < 1.29 is 9.53 Å². The maximum atomic E-state index is 13.1. The van der Waals surface area contributed by atoms with Gasteiger partial charge in [-0.25, -0.2) is 4.98 Å². The molecule has 0 aliphatic carbocycles. The van der Waals surface area contributed by atoms with Gasteiger partial charge in [0, 0.05) is 12.7 Å². The van der Waals surface area contributed by atoms with Crippen molar-refractivity contribution in [1.29, 1.82) is 0 Å². The lowest BCUT2D eigenvalue weighted by Crippen LogP contribution is -2.36. The zero-order valence-corrected chi connectivity index (χ0v) is 17.0. The van der Waals surface area contributed by atoms with Gasteiger partial charge in [-0.05, 0) is 55.5 Å². The van der Waals surface area contributed by atoms with Gasteiger partial charge in [0.25, 0.3) is 5.91 Å². The van der Waals surface area contributed by atoms with E-state index < -0.39 is 0 Å². The first kappa shape index (κ1) is 18.8. The van der Waals surface area contributed by atoms with E-state index in [2.05, 4.69) is 26.0 Å². The number of aromatic nitrogens is 1. The summed E-state index contributed by atoms with van der Waals surface area (Å²) < 4.78 is 6.90. The van der Waals surface area contributed by atoms with Crippen molar-refractivity contribution in [1.82, 2.24) is 4.98 Å². The molecule has 4 rings (SSSR count). The average Bonchev–Trinajstić information content (AvgIpc) is 3.38. The number of anilines is 1. The van der Waals surface area contributed by atoms with Crippen LogP contribution in [0, 0.1) is 13.8 Å². The third kappa shape index (κ3) is 4.01. The number of nitrogens with zero attached hydrogens (tertiary/aromatic N) is 2. The average molecular weight is 393 g/mol. The standard InChI is InChI=1S/C23H24N2O2S/c1-16-10-12-20-22(17(16)2)24-23(28-20)25(15-19-9-6-14-27-19)21(26)13-11-18-7-4-3-5-8-18/h3-5,7-8,10-13,19H,6,9,14-15H2,1-2H3/b13-11+. The number of fused-ring (bicyclic) bond motifs is 1. The second kappa shape index (κ2) is 8.25. The van der Waals surface area contributed by atoms with Crippen LogP contribution in [0.5, 0.6) is 0 Å². The highest BCUT2D eigenvalue weighted by molar-refractivity contribution is 7.22. The molecule has 1 aliphatic rings. The molecule has 3 aromatic rings. The molecule has 0 spiro atoms. The zero-order chi connectivity index (χ0) is 19.5. The van der Waals surface area contributed by atoms with Crippen LogP contribution in [0.2, 0.25) is 0 Å². The van der Waals surface area contributed by atoms with E-state index in [-0.39, 0.29) is 12.0 Å².